The average Bonchev–Trinajstić information content (AvgIpc) is 2.39. The lowest BCUT2D eigenvalue weighted by Crippen LogP contribution is -2.31. The summed E-state index contributed by atoms with van der Waals surface area (Å²) in [6.07, 6.45) is 2.15. The molecule has 19 heavy (non-hydrogen) atoms. The largest absolute Gasteiger partial charge is 0.393 e. The number of nitrogens with zero attached hydrogens (tertiary/aromatic N) is 2. The zero-order valence-corrected chi connectivity index (χ0v) is 11.0. The second-order valence-corrected chi connectivity index (χ2v) is 4.94. The van der Waals surface area contributed by atoms with Gasteiger partial charge in [-0.05, 0) is 30.9 Å². The number of nitrogen functional groups attached to an aromatic ring is 1. The summed E-state index contributed by atoms with van der Waals surface area (Å²) in [5, 5.41) is 11.1. The van der Waals surface area contributed by atoms with Crippen LogP contribution in [0, 0.1) is 16.0 Å². The molecule has 1 aromatic carbocycles. The number of benzene rings is 1. The molecule has 0 saturated carbocycles. The molecule has 1 heterocycles. The lowest BCUT2D eigenvalue weighted by atomic mass is 10.0. The van der Waals surface area contributed by atoms with Gasteiger partial charge in [-0.2, -0.15) is 0 Å². The van der Waals surface area contributed by atoms with Crippen LogP contribution in [-0.2, 0) is 4.74 Å². The molecule has 1 fully saturated rings. The fourth-order valence-electron chi connectivity index (χ4n) is 2.49. The molecule has 0 amide bonds. The van der Waals surface area contributed by atoms with E-state index in [1.54, 1.807) is 18.2 Å². The molecule has 2 N–H and O–H groups in total. The summed E-state index contributed by atoms with van der Waals surface area (Å²) in [5.74, 6) is 0.416. The SMILES string of the molecule is CN(CC1CCCOC1)c1cccc(N)c1[N+](=O)[O-]. The summed E-state index contributed by atoms with van der Waals surface area (Å²) >= 11 is 0. The number of anilines is 2. The van der Waals surface area contributed by atoms with Crippen LogP contribution in [0.2, 0.25) is 0 Å². The van der Waals surface area contributed by atoms with Crippen LogP contribution in [0.5, 0.6) is 0 Å². The second-order valence-electron chi connectivity index (χ2n) is 4.94. The van der Waals surface area contributed by atoms with Crippen molar-refractivity contribution in [1.29, 1.82) is 0 Å². The molecule has 0 radical (unpaired) electrons. The number of hydrogen-bond donors (Lipinski definition) is 1. The number of nitro benzene ring substituents is 1. The molecule has 0 aromatic heterocycles. The van der Waals surface area contributed by atoms with Gasteiger partial charge in [-0.3, -0.25) is 10.1 Å². The Kier molecular flexibility index (Phi) is 4.21. The zero-order chi connectivity index (χ0) is 13.8. The van der Waals surface area contributed by atoms with E-state index >= 15 is 0 Å². The van der Waals surface area contributed by atoms with Crippen LogP contribution >= 0.6 is 0 Å². The van der Waals surface area contributed by atoms with Crippen LogP contribution in [0.3, 0.4) is 0 Å². The van der Waals surface area contributed by atoms with Crippen molar-refractivity contribution in [2.45, 2.75) is 12.8 Å². The van der Waals surface area contributed by atoms with Gasteiger partial charge in [0.15, 0.2) is 0 Å². The Morgan fingerprint density at radius 3 is 3.00 bits per heavy atom. The van der Waals surface area contributed by atoms with Crippen molar-refractivity contribution in [2.75, 3.05) is 37.4 Å². The molecule has 6 nitrogen and oxygen atoms in total. The van der Waals surface area contributed by atoms with Crippen molar-refractivity contribution in [3.8, 4) is 0 Å². The molecule has 1 saturated heterocycles. The van der Waals surface area contributed by atoms with Gasteiger partial charge >= 0.3 is 5.69 Å². The molecule has 1 aliphatic heterocycles. The van der Waals surface area contributed by atoms with E-state index in [4.69, 9.17) is 10.5 Å². The van der Waals surface area contributed by atoms with Gasteiger partial charge < -0.3 is 15.4 Å². The first-order valence-corrected chi connectivity index (χ1v) is 6.41. The molecule has 1 unspecified atom stereocenters. The van der Waals surface area contributed by atoms with E-state index in [9.17, 15) is 10.1 Å². The van der Waals surface area contributed by atoms with E-state index in [2.05, 4.69) is 0 Å². The summed E-state index contributed by atoms with van der Waals surface area (Å²) in [6, 6.07) is 5.03. The Bertz CT molecular complexity index is 458. The fourth-order valence-corrected chi connectivity index (χ4v) is 2.49. The van der Waals surface area contributed by atoms with Crippen molar-refractivity contribution >= 4 is 17.1 Å². The van der Waals surface area contributed by atoms with E-state index in [0.717, 1.165) is 32.6 Å². The predicted molar refractivity (Wildman–Crippen MR) is 74.3 cm³/mol. The van der Waals surface area contributed by atoms with Gasteiger partial charge in [0, 0.05) is 20.2 Å². The van der Waals surface area contributed by atoms with E-state index < -0.39 is 4.92 Å². The minimum absolute atomic E-state index is 0.0123. The summed E-state index contributed by atoms with van der Waals surface area (Å²) in [7, 11) is 1.86. The quantitative estimate of drug-likeness (QED) is 0.512. The highest BCUT2D eigenvalue weighted by Crippen LogP contribution is 2.33. The van der Waals surface area contributed by atoms with Crippen LogP contribution in [0.4, 0.5) is 17.1 Å². The molecule has 1 aromatic rings. The Morgan fingerprint density at radius 2 is 2.37 bits per heavy atom. The zero-order valence-electron chi connectivity index (χ0n) is 11.0. The first-order valence-electron chi connectivity index (χ1n) is 6.41. The smallest absolute Gasteiger partial charge is 0.315 e. The molecule has 1 atom stereocenters. The van der Waals surface area contributed by atoms with Crippen LogP contribution < -0.4 is 10.6 Å². The lowest BCUT2D eigenvalue weighted by Gasteiger charge is -2.28. The number of rotatable bonds is 4. The molecular weight excluding hydrogens is 246 g/mol. The fraction of sp³-hybridized carbons (Fsp3) is 0.538. The van der Waals surface area contributed by atoms with Gasteiger partial charge in [0.1, 0.15) is 11.4 Å². The third-order valence-corrected chi connectivity index (χ3v) is 3.43. The summed E-state index contributed by atoms with van der Waals surface area (Å²) in [4.78, 5) is 12.6. The summed E-state index contributed by atoms with van der Waals surface area (Å²) in [5.41, 5.74) is 6.46. The lowest BCUT2D eigenvalue weighted by molar-refractivity contribution is -0.383. The van der Waals surface area contributed by atoms with Crippen LogP contribution in [-0.4, -0.2) is 31.7 Å². The number of nitrogens with two attached hydrogens (primary N) is 1. The predicted octanol–water partition coefficient (Wildman–Crippen LogP) is 2.04. The molecule has 104 valence electrons. The Balaban J connectivity index is 2.16. The minimum atomic E-state index is -0.418. The van der Waals surface area contributed by atoms with Crippen LogP contribution in [0.15, 0.2) is 18.2 Å². The van der Waals surface area contributed by atoms with Crippen molar-refractivity contribution in [1.82, 2.24) is 0 Å². The van der Waals surface area contributed by atoms with Crippen molar-refractivity contribution in [2.24, 2.45) is 5.92 Å². The molecular formula is C13H19N3O3. The Labute approximate surface area is 112 Å². The van der Waals surface area contributed by atoms with Gasteiger partial charge in [0.05, 0.1) is 11.5 Å². The molecule has 1 aliphatic rings. The van der Waals surface area contributed by atoms with E-state index in [1.165, 1.54) is 0 Å². The molecule has 0 spiro atoms. The van der Waals surface area contributed by atoms with Crippen molar-refractivity contribution in [3.05, 3.63) is 28.3 Å². The highest BCUT2D eigenvalue weighted by molar-refractivity contribution is 5.75. The Morgan fingerprint density at radius 1 is 1.58 bits per heavy atom. The van der Waals surface area contributed by atoms with E-state index in [0.29, 0.717) is 11.6 Å². The van der Waals surface area contributed by atoms with Gasteiger partial charge in [-0.1, -0.05) is 6.07 Å². The molecule has 2 rings (SSSR count). The minimum Gasteiger partial charge on any atom is -0.393 e. The van der Waals surface area contributed by atoms with Crippen molar-refractivity contribution < 1.29 is 9.66 Å². The number of ether oxygens (including phenoxy) is 1. The van der Waals surface area contributed by atoms with Crippen LogP contribution in [0.25, 0.3) is 0 Å². The average molecular weight is 265 g/mol. The number of para-hydroxylation sites is 1. The van der Waals surface area contributed by atoms with Crippen molar-refractivity contribution in [3.63, 3.8) is 0 Å². The monoisotopic (exact) mass is 265 g/mol. The standard InChI is InChI=1S/C13H19N3O3/c1-15(8-10-4-3-7-19-9-10)12-6-2-5-11(14)13(12)16(17)18/h2,5-6,10H,3-4,7-9,14H2,1H3. The van der Waals surface area contributed by atoms with E-state index in [1.807, 2.05) is 11.9 Å². The second kappa shape index (κ2) is 5.88. The topological polar surface area (TPSA) is 81.6 Å². The maximum absolute atomic E-state index is 11.1. The maximum atomic E-state index is 11.1. The summed E-state index contributed by atoms with van der Waals surface area (Å²) in [6.45, 7) is 2.28. The van der Waals surface area contributed by atoms with Gasteiger partial charge in [0.2, 0.25) is 0 Å². The Hall–Kier alpha value is -1.82. The highest BCUT2D eigenvalue weighted by Gasteiger charge is 2.23. The first-order chi connectivity index (χ1) is 9.09. The third kappa shape index (κ3) is 3.14. The van der Waals surface area contributed by atoms with E-state index in [-0.39, 0.29) is 11.4 Å². The number of hydrogen-bond acceptors (Lipinski definition) is 5. The van der Waals surface area contributed by atoms with Gasteiger partial charge in [-0.25, -0.2) is 0 Å². The maximum Gasteiger partial charge on any atom is 0.315 e. The first kappa shape index (κ1) is 13.6. The third-order valence-electron chi connectivity index (χ3n) is 3.43. The number of nitro groups is 1. The normalized spacial score (nSPS) is 19.1. The van der Waals surface area contributed by atoms with Gasteiger partial charge in [0.25, 0.3) is 0 Å². The molecule has 6 heteroatoms. The molecule has 0 aliphatic carbocycles. The van der Waals surface area contributed by atoms with Gasteiger partial charge in [-0.15, -0.1) is 0 Å². The molecule has 0 bridgehead atoms. The highest BCUT2D eigenvalue weighted by atomic mass is 16.6. The summed E-state index contributed by atoms with van der Waals surface area (Å²) < 4.78 is 5.44. The van der Waals surface area contributed by atoms with Crippen LogP contribution in [0.1, 0.15) is 12.8 Å².